The first-order chi connectivity index (χ1) is 10.7. The molecule has 0 saturated heterocycles. The molecule has 0 spiro atoms. The molecule has 1 aromatic carbocycles. The van der Waals surface area contributed by atoms with Gasteiger partial charge in [0.1, 0.15) is 12.1 Å². The summed E-state index contributed by atoms with van der Waals surface area (Å²) in [6, 6.07) is 9.13. The lowest BCUT2D eigenvalue weighted by Gasteiger charge is -2.10. The topological polar surface area (TPSA) is 65.7 Å². The van der Waals surface area contributed by atoms with E-state index in [0.29, 0.717) is 23.4 Å². The zero-order valence-electron chi connectivity index (χ0n) is 12.3. The fraction of sp³-hybridized carbons (Fsp3) is 0.188. The second-order valence-electron chi connectivity index (χ2n) is 4.58. The number of carbonyl (C=O) groups is 1. The predicted molar refractivity (Wildman–Crippen MR) is 80.9 cm³/mol. The van der Waals surface area contributed by atoms with Crippen LogP contribution in [-0.2, 0) is 4.74 Å². The van der Waals surface area contributed by atoms with Crippen molar-refractivity contribution in [2.45, 2.75) is 6.92 Å². The summed E-state index contributed by atoms with van der Waals surface area (Å²) in [6.07, 6.45) is 3.15. The van der Waals surface area contributed by atoms with Gasteiger partial charge in [0.05, 0.1) is 19.3 Å². The van der Waals surface area contributed by atoms with Gasteiger partial charge in [0.15, 0.2) is 5.65 Å². The maximum absolute atomic E-state index is 12.2. The summed E-state index contributed by atoms with van der Waals surface area (Å²) in [5.41, 5.74) is 2.62. The third-order valence-electron chi connectivity index (χ3n) is 3.32. The summed E-state index contributed by atoms with van der Waals surface area (Å²) in [5, 5.41) is 4.11. The van der Waals surface area contributed by atoms with Gasteiger partial charge in [-0.1, -0.05) is 12.1 Å². The standard InChI is InChI=1S/C16H15N3O3/c1-3-22-16(20)13-8-9-19-15(17-10-18-19)14(13)11-4-6-12(21-2)7-5-11/h4-10H,3H2,1-2H3. The van der Waals surface area contributed by atoms with E-state index in [1.54, 1.807) is 30.8 Å². The fourth-order valence-corrected chi connectivity index (χ4v) is 2.31. The molecule has 0 aliphatic heterocycles. The first-order valence-corrected chi connectivity index (χ1v) is 6.88. The first-order valence-electron chi connectivity index (χ1n) is 6.88. The molecule has 0 bridgehead atoms. The van der Waals surface area contributed by atoms with Gasteiger partial charge in [0, 0.05) is 11.8 Å². The highest BCUT2D eigenvalue weighted by Gasteiger charge is 2.18. The zero-order valence-corrected chi connectivity index (χ0v) is 12.3. The molecule has 0 unspecified atom stereocenters. The van der Waals surface area contributed by atoms with Gasteiger partial charge in [-0.2, -0.15) is 5.10 Å². The molecule has 0 radical (unpaired) electrons. The van der Waals surface area contributed by atoms with E-state index in [-0.39, 0.29) is 5.97 Å². The van der Waals surface area contributed by atoms with Crippen molar-refractivity contribution in [1.82, 2.24) is 14.6 Å². The average molecular weight is 297 g/mol. The molecule has 6 heteroatoms. The molecule has 0 atom stereocenters. The lowest BCUT2D eigenvalue weighted by atomic mass is 10.0. The Morgan fingerprint density at radius 3 is 2.68 bits per heavy atom. The van der Waals surface area contributed by atoms with Crippen LogP contribution in [0.1, 0.15) is 17.3 Å². The predicted octanol–water partition coefficient (Wildman–Crippen LogP) is 2.58. The SMILES string of the molecule is CCOC(=O)c1ccn2ncnc2c1-c1ccc(OC)cc1. The Hall–Kier alpha value is -2.89. The summed E-state index contributed by atoms with van der Waals surface area (Å²) in [6.45, 7) is 2.10. The van der Waals surface area contributed by atoms with Crippen molar-refractivity contribution < 1.29 is 14.3 Å². The van der Waals surface area contributed by atoms with Gasteiger partial charge in [-0.15, -0.1) is 0 Å². The van der Waals surface area contributed by atoms with Crippen molar-refractivity contribution in [2.24, 2.45) is 0 Å². The van der Waals surface area contributed by atoms with Crippen LogP contribution >= 0.6 is 0 Å². The number of fused-ring (bicyclic) bond motifs is 1. The molecule has 2 heterocycles. The van der Waals surface area contributed by atoms with E-state index in [1.807, 2.05) is 24.3 Å². The third-order valence-corrected chi connectivity index (χ3v) is 3.32. The largest absolute Gasteiger partial charge is 0.497 e. The maximum atomic E-state index is 12.2. The Balaban J connectivity index is 2.21. The number of aromatic nitrogens is 3. The summed E-state index contributed by atoms with van der Waals surface area (Å²) in [4.78, 5) is 16.5. The van der Waals surface area contributed by atoms with Gasteiger partial charge in [0.2, 0.25) is 0 Å². The van der Waals surface area contributed by atoms with Gasteiger partial charge < -0.3 is 9.47 Å². The van der Waals surface area contributed by atoms with Crippen LogP contribution in [0.3, 0.4) is 0 Å². The van der Waals surface area contributed by atoms with Crippen molar-refractivity contribution >= 4 is 11.6 Å². The lowest BCUT2D eigenvalue weighted by molar-refractivity contribution is 0.0527. The molecule has 22 heavy (non-hydrogen) atoms. The zero-order chi connectivity index (χ0) is 15.5. The number of benzene rings is 1. The van der Waals surface area contributed by atoms with E-state index in [1.165, 1.54) is 6.33 Å². The average Bonchev–Trinajstić information content (AvgIpc) is 3.03. The number of rotatable bonds is 4. The normalized spacial score (nSPS) is 10.6. The van der Waals surface area contributed by atoms with Crippen LogP contribution in [-0.4, -0.2) is 34.3 Å². The molecule has 3 rings (SSSR count). The van der Waals surface area contributed by atoms with Gasteiger partial charge in [-0.25, -0.2) is 14.3 Å². The van der Waals surface area contributed by atoms with Crippen LogP contribution in [0.4, 0.5) is 0 Å². The smallest absolute Gasteiger partial charge is 0.338 e. The summed E-state index contributed by atoms with van der Waals surface area (Å²) in [7, 11) is 1.61. The van der Waals surface area contributed by atoms with E-state index in [9.17, 15) is 4.79 Å². The number of carbonyl (C=O) groups excluding carboxylic acids is 1. The molecule has 112 valence electrons. The molecule has 0 aliphatic carbocycles. The minimum atomic E-state index is -0.376. The molecule has 0 saturated carbocycles. The van der Waals surface area contributed by atoms with Gasteiger partial charge in [-0.05, 0) is 30.7 Å². The van der Waals surface area contributed by atoms with Gasteiger partial charge in [-0.3, -0.25) is 0 Å². The second-order valence-corrected chi connectivity index (χ2v) is 4.58. The number of esters is 1. The van der Waals surface area contributed by atoms with Crippen LogP contribution < -0.4 is 4.74 Å². The van der Waals surface area contributed by atoms with Gasteiger partial charge >= 0.3 is 5.97 Å². The number of methoxy groups -OCH3 is 1. The molecule has 6 nitrogen and oxygen atoms in total. The minimum absolute atomic E-state index is 0.318. The van der Waals surface area contributed by atoms with Crippen molar-refractivity contribution in [3.8, 4) is 16.9 Å². The van der Waals surface area contributed by atoms with Crippen molar-refractivity contribution in [2.75, 3.05) is 13.7 Å². The van der Waals surface area contributed by atoms with Gasteiger partial charge in [0.25, 0.3) is 0 Å². The van der Waals surface area contributed by atoms with E-state index >= 15 is 0 Å². The highest BCUT2D eigenvalue weighted by atomic mass is 16.5. The van der Waals surface area contributed by atoms with E-state index < -0.39 is 0 Å². The van der Waals surface area contributed by atoms with Crippen LogP contribution in [0.25, 0.3) is 16.8 Å². The Labute approximate surface area is 127 Å². The summed E-state index contributed by atoms with van der Waals surface area (Å²) in [5.74, 6) is 0.369. The molecule has 2 aromatic heterocycles. The maximum Gasteiger partial charge on any atom is 0.338 e. The number of pyridine rings is 1. The van der Waals surface area contributed by atoms with Crippen LogP contribution in [0.2, 0.25) is 0 Å². The molecular weight excluding hydrogens is 282 g/mol. The van der Waals surface area contributed by atoms with Crippen molar-refractivity contribution in [1.29, 1.82) is 0 Å². The molecular formula is C16H15N3O3. The Morgan fingerprint density at radius 2 is 2.00 bits per heavy atom. The van der Waals surface area contributed by atoms with Crippen LogP contribution in [0.5, 0.6) is 5.75 Å². The Kier molecular flexibility index (Phi) is 3.74. The van der Waals surface area contributed by atoms with Crippen molar-refractivity contribution in [3.05, 3.63) is 48.4 Å². The first kappa shape index (κ1) is 14.1. The number of nitrogens with zero attached hydrogens (tertiary/aromatic N) is 3. The second kappa shape index (κ2) is 5.85. The minimum Gasteiger partial charge on any atom is -0.497 e. The van der Waals surface area contributed by atoms with E-state index in [2.05, 4.69) is 10.1 Å². The van der Waals surface area contributed by atoms with Crippen LogP contribution in [0.15, 0.2) is 42.9 Å². The summed E-state index contributed by atoms with van der Waals surface area (Å²) >= 11 is 0. The third kappa shape index (κ3) is 2.39. The lowest BCUT2D eigenvalue weighted by Crippen LogP contribution is -2.08. The molecule has 0 amide bonds. The Bertz CT molecular complexity index is 809. The van der Waals surface area contributed by atoms with Crippen molar-refractivity contribution in [3.63, 3.8) is 0 Å². The molecule has 3 aromatic rings. The molecule has 0 aliphatic rings. The number of hydrogen-bond acceptors (Lipinski definition) is 5. The highest BCUT2D eigenvalue weighted by Crippen LogP contribution is 2.29. The van der Waals surface area contributed by atoms with E-state index in [4.69, 9.17) is 9.47 Å². The summed E-state index contributed by atoms with van der Waals surface area (Å²) < 4.78 is 11.9. The molecule has 0 fully saturated rings. The highest BCUT2D eigenvalue weighted by molar-refractivity contribution is 6.01. The van der Waals surface area contributed by atoms with Crippen LogP contribution in [0, 0.1) is 0 Å². The Morgan fingerprint density at radius 1 is 1.23 bits per heavy atom. The van der Waals surface area contributed by atoms with E-state index in [0.717, 1.165) is 11.3 Å². The number of ether oxygens (including phenoxy) is 2. The molecule has 0 N–H and O–H groups in total. The fourth-order valence-electron chi connectivity index (χ4n) is 2.31. The monoisotopic (exact) mass is 297 g/mol. The number of hydrogen-bond donors (Lipinski definition) is 0. The quantitative estimate of drug-likeness (QED) is 0.692.